The zero-order valence-electron chi connectivity index (χ0n) is 19.6. The van der Waals surface area contributed by atoms with Gasteiger partial charge >= 0.3 is 0 Å². The van der Waals surface area contributed by atoms with Crippen LogP contribution in [0.25, 0.3) is 11.1 Å². The number of amides is 1. The number of pyridine rings is 1. The van der Waals surface area contributed by atoms with Gasteiger partial charge in [-0.3, -0.25) is 14.6 Å². The Labute approximate surface area is 192 Å². The fraction of sp³-hybridized carbons (Fsp3) is 0.519. The van der Waals surface area contributed by atoms with Gasteiger partial charge in [-0.15, -0.1) is 0 Å². The van der Waals surface area contributed by atoms with Crippen LogP contribution in [0.5, 0.6) is 0 Å². The first-order chi connectivity index (χ1) is 15.6. The standard InChI is InChI=1S/C27H37N3O2/c1-3-24(31)12-8-5-9-13-25(29-27(32)22-15-18-30(2)19-16-22)26-20-23(14-17-28-26)21-10-6-4-7-11-21/h4,6-7,10-11,14,17,20,22,25H,3,5,8-9,12-13,15-16,18-19H2,1-2H3,(H,29,32). The number of likely N-dealkylation sites (tertiary alicyclic amines) is 1. The number of piperidine rings is 1. The van der Waals surface area contributed by atoms with Crippen molar-refractivity contribution in [3.63, 3.8) is 0 Å². The van der Waals surface area contributed by atoms with Gasteiger partial charge in [-0.1, -0.05) is 50.1 Å². The summed E-state index contributed by atoms with van der Waals surface area (Å²) in [6.07, 6.45) is 8.64. The molecular weight excluding hydrogens is 398 g/mol. The Morgan fingerprint density at radius 3 is 2.53 bits per heavy atom. The summed E-state index contributed by atoms with van der Waals surface area (Å²) in [5, 5.41) is 3.32. The maximum absolute atomic E-state index is 13.1. The summed E-state index contributed by atoms with van der Waals surface area (Å²) in [6, 6.07) is 14.3. The van der Waals surface area contributed by atoms with E-state index in [0.717, 1.165) is 68.4 Å². The topological polar surface area (TPSA) is 62.3 Å². The monoisotopic (exact) mass is 435 g/mol. The third-order valence-electron chi connectivity index (χ3n) is 6.49. The van der Waals surface area contributed by atoms with Crippen LogP contribution in [0.1, 0.15) is 70.0 Å². The Kier molecular flexibility index (Phi) is 9.42. The quantitative estimate of drug-likeness (QED) is 0.494. The molecule has 5 nitrogen and oxygen atoms in total. The van der Waals surface area contributed by atoms with Crippen LogP contribution in [0.3, 0.4) is 0 Å². The lowest BCUT2D eigenvalue weighted by Crippen LogP contribution is -2.40. The first-order valence-corrected chi connectivity index (χ1v) is 12.1. The largest absolute Gasteiger partial charge is 0.347 e. The predicted molar refractivity (Wildman–Crippen MR) is 129 cm³/mol. The fourth-order valence-electron chi connectivity index (χ4n) is 4.33. The Morgan fingerprint density at radius 2 is 1.81 bits per heavy atom. The molecule has 0 saturated carbocycles. The maximum Gasteiger partial charge on any atom is 0.223 e. The van der Waals surface area contributed by atoms with Crippen molar-refractivity contribution in [3.8, 4) is 11.1 Å². The normalized spacial score (nSPS) is 15.9. The van der Waals surface area contributed by atoms with Gasteiger partial charge in [0.15, 0.2) is 0 Å². The van der Waals surface area contributed by atoms with Crippen molar-refractivity contribution in [1.29, 1.82) is 0 Å². The third kappa shape index (κ3) is 7.27. The number of hydrogen-bond donors (Lipinski definition) is 1. The van der Waals surface area contributed by atoms with E-state index in [2.05, 4.69) is 40.4 Å². The van der Waals surface area contributed by atoms with Crippen LogP contribution in [0.15, 0.2) is 48.7 Å². The van der Waals surface area contributed by atoms with E-state index in [9.17, 15) is 9.59 Å². The number of aromatic nitrogens is 1. The maximum atomic E-state index is 13.1. The van der Waals surface area contributed by atoms with Crippen molar-refractivity contribution >= 4 is 11.7 Å². The zero-order valence-corrected chi connectivity index (χ0v) is 19.6. The Balaban J connectivity index is 1.68. The summed E-state index contributed by atoms with van der Waals surface area (Å²) in [7, 11) is 2.11. The van der Waals surface area contributed by atoms with E-state index < -0.39 is 0 Å². The molecule has 32 heavy (non-hydrogen) atoms. The van der Waals surface area contributed by atoms with Gasteiger partial charge in [0, 0.05) is 25.0 Å². The van der Waals surface area contributed by atoms with Crippen molar-refractivity contribution in [2.75, 3.05) is 20.1 Å². The Bertz CT molecular complexity index is 860. The summed E-state index contributed by atoms with van der Waals surface area (Å²) >= 11 is 0. The van der Waals surface area contributed by atoms with Crippen LogP contribution < -0.4 is 5.32 Å². The molecule has 5 heteroatoms. The zero-order chi connectivity index (χ0) is 22.8. The van der Waals surface area contributed by atoms with E-state index >= 15 is 0 Å². The average molecular weight is 436 g/mol. The highest BCUT2D eigenvalue weighted by Gasteiger charge is 2.26. The van der Waals surface area contributed by atoms with Crippen molar-refractivity contribution in [1.82, 2.24) is 15.2 Å². The molecule has 0 aliphatic carbocycles. The molecule has 2 aromatic rings. The number of rotatable bonds is 11. The van der Waals surface area contributed by atoms with Crippen LogP contribution >= 0.6 is 0 Å². The summed E-state index contributed by atoms with van der Waals surface area (Å²) in [5.74, 6) is 0.554. The summed E-state index contributed by atoms with van der Waals surface area (Å²) in [4.78, 5) is 31.6. The lowest BCUT2D eigenvalue weighted by Gasteiger charge is -2.29. The minimum absolute atomic E-state index is 0.0770. The van der Waals surface area contributed by atoms with E-state index in [1.807, 2.05) is 37.4 Å². The van der Waals surface area contributed by atoms with Crippen molar-refractivity contribution in [2.24, 2.45) is 5.92 Å². The molecule has 1 fully saturated rings. The average Bonchev–Trinajstić information content (AvgIpc) is 2.84. The molecule has 1 atom stereocenters. The van der Waals surface area contributed by atoms with Gasteiger partial charge in [0.05, 0.1) is 11.7 Å². The van der Waals surface area contributed by atoms with Gasteiger partial charge in [0.2, 0.25) is 5.91 Å². The highest BCUT2D eigenvalue weighted by Crippen LogP contribution is 2.26. The molecular formula is C27H37N3O2. The third-order valence-corrected chi connectivity index (χ3v) is 6.49. The van der Waals surface area contributed by atoms with E-state index in [4.69, 9.17) is 0 Å². The minimum Gasteiger partial charge on any atom is -0.347 e. The minimum atomic E-state index is -0.104. The van der Waals surface area contributed by atoms with Crippen LogP contribution in [0.4, 0.5) is 0 Å². The molecule has 172 valence electrons. The lowest BCUT2D eigenvalue weighted by molar-refractivity contribution is -0.127. The van der Waals surface area contributed by atoms with Gasteiger partial charge in [0.25, 0.3) is 0 Å². The van der Waals surface area contributed by atoms with Crippen molar-refractivity contribution in [2.45, 2.75) is 64.3 Å². The van der Waals surface area contributed by atoms with Gasteiger partial charge < -0.3 is 10.2 Å². The Hall–Kier alpha value is -2.53. The Morgan fingerprint density at radius 1 is 1.06 bits per heavy atom. The number of hydrogen-bond acceptors (Lipinski definition) is 4. The van der Waals surface area contributed by atoms with Crippen LogP contribution in [0, 0.1) is 5.92 Å². The molecule has 1 aromatic heterocycles. The summed E-state index contributed by atoms with van der Waals surface area (Å²) in [5.41, 5.74) is 3.18. The summed E-state index contributed by atoms with van der Waals surface area (Å²) in [6.45, 7) is 3.86. The van der Waals surface area contributed by atoms with Crippen LogP contribution in [-0.4, -0.2) is 41.7 Å². The van der Waals surface area contributed by atoms with Gasteiger partial charge in [-0.2, -0.15) is 0 Å². The number of carbonyl (C=O) groups is 2. The van der Waals surface area contributed by atoms with Crippen LogP contribution in [0.2, 0.25) is 0 Å². The lowest BCUT2D eigenvalue weighted by atomic mass is 9.94. The molecule has 3 rings (SSSR count). The molecule has 1 unspecified atom stereocenters. The second-order valence-electron chi connectivity index (χ2n) is 8.97. The number of benzene rings is 1. The van der Waals surface area contributed by atoms with E-state index in [1.54, 1.807) is 0 Å². The second kappa shape index (κ2) is 12.5. The molecule has 1 N–H and O–H groups in total. The van der Waals surface area contributed by atoms with Crippen LogP contribution in [-0.2, 0) is 9.59 Å². The number of carbonyl (C=O) groups excluding carboxylic acids is 2. The number of unbranched alkanes of at least 4 members (excludes halogenated alkanes) is 2. The van der Waals surface area contributed by atoms with Crippen molar-refractivity contribution < 1.29 is 9.59 Å². The number of nitrogens with one attached hydrogen (secondary N) is 1. The number of nitrogens with zero attached hydrogens (tertiary/aromatic N) is 2. The molecule has 1 saturated heterocycles. The summed E-state index contributed by atoms with van der Waals surface area (Å²) < 4.78 is 0. The SMILES string of the molecule is CCC(=O)CCCCCC(NC(=O)C1CCN(C)CC1)c1cc(-c2ccccc2)ccn1. The molecule has 1 aliphatic heterocycles. The molecule has 0 spiro atoms. The van der Waals surface area contributed by atoms with E-state index in [-0.39, 0.29) is 17.9 Å². The van der Waals surface area contributed by atoms with Crippen molar-refractivity contribution in [3.05, 3.63) is 54.4 Å². The molecule has 0 bridgehead atoms. The molecule has 2 heterocycles. The van der Waals surface area contributed by atoms with E-state index in [0.29, 0.717) is 18.6 Å². The second-order valence-corrected chi connectivity index (χ2v) is 8.97. The molecule has 0 radical (unpaired) electrons. The smallest absolute Gasteiger partial charge is 0.223 e. The van der Waals surface area contributed by atoms with E-state index in [1.165, 1.54) is 0 Å². The first kappa shape index (κ1) is 24.1. The predicted octanol–water partition coefficient (Wildman–Crippen LogP) is 5.18. The molecule has 1 aliphatic rings. The number of ketones is 1. The van der Waals surface area contributed by atoms with Gasteiger partial charge in [0.1, 0.15) is 5.78 Å². The van der Waals surface area contributed by atoms with Gasteiger partial charge in [-0.25, -0.2) is 0 Å². The molecule has 1 aromatic carbocycles. The molecule has 1 amide bonds. The van der Waals surface area contributed by atoms with Gasteiger partial charge in [-0.05, 0) is 69.1 Å². The number of Topliss-reactive ketones (excluding diaryl/α,β-unsaturated/α-hetero) is 1. The fourth-order valence-corrected chi connectivity index (χ4v) is 4.33. The highest BCUT2D eigenvalue weighted by molar-refractivity contribution is 5.79. The highest BCUT2D eigenvalue weighted by atomic mass is 16.2. The first-order valence-electron chi connectivity index (χ1n) is 12.1.